The molecule has 2 rings (SSSR count). The van der Waals surface area contributed by atoms with E-state index in [4.69, 9.17) is 11.6 Å². The van der Waals surface area contributed by atoms with Gasteiger partial charge in [0.1, 0.15) is 0 Å². The number of amides is 1. The van der Waals surface area contributed by atoms with Gasteiger partial charge >= 0.3 is 0 Å². The predicted molar refractivity (Wildman–Crippen MR) is 80.6 cm³/mol. The molecule has 104 valence electrons. The molecule has 1 amide bonds. The Kier molecular flexibility index (Phi) is 5.13. The minimum Gasteiger partial charge on any atom is -0.350 e. The Morgan fingerprint density at radius 1 is 1.35 bits per heavy atom. The van der Waals surface area contributed by atoms with Crippen LogP contribution in [0, 0.1) is 0 Å². The Morgan fingerprint density at radius 3 is 2.90 bits per heavy atom. The highest BCUT2D eigenvalue weighted by Gasteiger charge is 2.09. The van der Waals surface area contributed by atoms with Crippen LogP contribution in [0.4, 0.5) is 0 Å². The summed E-state index contributed by atoms with van der Waals surface area (Å²) in [6, 6.07) is 11.3. The molecule has 1 aromatic heterocycles. The largest absolute Gasteiger partial charge is 0.350 e. The summed E-state index contributed by atoms with van der Waals surface area (Å²) in [5.41, 5.74) is 2.07. The summed E-state index contributed by atoms with van der Waals surface area (Å²) in [6.07, 6.45) is 4.66. The fourth-order valence-corrected chi connectivity index (χ4v) is 2.18. The van der Waals surface area contributed by atoms with Crippen molar-refractivity contribution in [2.45, 2.75) is 25.8 Å². The van der Waals surface area contributed by atoms with Crippen LogP contribution in [0.3, 0.4) is 0 Å². The molecule has 0 spiro atoms. The summed E-state index contributed by atoms with van der Waals surface area (Å²) in [6.45, 7) is 1.95. The van der Waals surface area contributed by atoms with Crippen molar-refractivity contribution in [3.63, 3.8) is 0 Å². The first-order chi connectivity index (χ1) is 9.65. The van der Waals surface area contributed by atoms with Crippen molar-refractivity contribution < 1.29 is 4.79 Å². The van der Waals surface area contributed by atoms with E-state index in [1.807, 2.05) is 43.3 Å². The average Bonchev–Trinajstić information content (AvgIpc) is 2.46. The molecule has 0 saturated heterocycles. The van der Waals surface area contributed by atoms with Crippen LogP contribution in [0.5, 0.6) is 0 Å². The van der Waals surface area contributed by atoms with Gasteiger partial charge in [-0.1, -0.05) is 29.8 Å². The van der Waals surface area contributed by atoms with E-state index in [9.17, 15) is 4.79 Å². The van der Waals surface area contributed by atoms with Crippen molar-refractivity contribution in [2.75, 3.05) is 0 Å². The molecular formula is C16H17ClN2O. The molecule has 0 radical (unpaired) electrons. The van der Waals surface area contributed by atoms with Crippen LogP contribution in [0.15, 0.2) is 48.8 Å². The summed E-state index contributed by atoms with van der Waals surface area (Å²) in [7, 11) is 0. The van der Waals surface area contributed by atoms with E-state index in [1.165, 1.54) is 0 Å². The number of benzene rings is 1. The fraction of sp³-hybridized carbons (Fsp3) is 0.250. The molecule has 0 fully saturated rings. The number of aryl methyl sites for hydroxylation is 1. The van der Waals surface area contributed by atoms with Gasteiger partial charge in [-0.2, -0.15) is 0 Å². The molecule has 1 heterocycles. The first kappa shape index (κ1) is 14.5. The zero-order valence-corrected chi connectivity index (χ0v) is 12.1. The first-order valence-corrected chi connectivity index (χ1v) is 6.96. The van der Waals surface area contributed by atoms with Gasteiger partial charge in [0.25, 0.3) is 0 Å². The normalized spacial score (nSPS) is 11.9. The molecule has 4 heteroatoms. The lowest BCUT2D eigenvalue weighted by molar-refractivity contribution is -0.121. The topological polar surface area (TPSA) is 42.0 Å². The second kappa shape index (κ2) is 7.06. The molecule has 1 aromatic carbocycles. The van der Waals surface area contributed by atoms with Crippen molar-refractivity contribution in [1.29, 1.82) is 0 Å². The number of carbonyl (C=O) groups is 1. The van der Waals surface area contributed by atoms with Gasteiger partial charge in [0.05, 0.1) is 6.04 Å². The number of aromatic nitrogens is 1. The van der Waals surface area contributed by atoms with Gasteiger partial charge in [-0.05, 0) is 42.7 Å². The first-order valence-electron chi connectivity index (χ1n) is 6.59. The van der Waals surface area contributed by atoms with Gasteiger partial charge in [0.15, 0.2) is 0 Å². The molecule has 1 atom stereocenters. The monoisotopic (exact) mass is 288 g/mol. The maximum Gasteiger partial charge on any atom is 0.220 e. The van der Waals surface area contributed by atoms with Gasteiger partial charge in [-0.3, -0.25) is 9.78 Å². The molecule has 0 aliphatic carbocycles. The third-order valence-electron chi connectivity index (χ3n) is 3.09. The summed E-state index contributed by atoms with van der Waals surface area (Å²) >= 11 is 5.95. The van der Waals surface area contributed by atoms with Crippen LogP contribution < -0.4 is 5.32 Å². The average molecular weight is 289 g/mol. The summed E-state index contributed by atoms with van der Waals surface area (Å²) in [4.78, 5) is 16.0. The summed E-state index contributed by atoms with van der Waals surface area (Å²) in [5, 5.41) is 3.66. The Bertz CT molecular complexity index is 572. The van der Waals surface area contributed by atoms with Crippen LogP contribution >= 0.6 is 11.6 Å². The highest BCUT2D eigenvalue weighted by Crippen LogP contribution is 2.17. The molecule has 0 saturated carbocycles. The van der Waals surface area contributed by atoms with Crippen LogP contribution in [-0.4, -0.2) is 10.9 Å². The van der Waals surface area contributed by atoms with Crippen molar-refractivity contribution in [3.8, 4) is 0 Å². The number of pyridine rings is 1. The molecule has 3 nitrogen and oxygen atoms in total. The Balaban J connectivity index is 1.85. The maximum atomic E-state index is 11.9. The molecule has 0 aliphatic heterocycles. The van der Waals surface area contributed by atoms with Crippen LogP contribution in [0.1, 0.15) is 30.5 Å². The minimum atomic E-state index is -0.0462. The Morgan fingerprint density at radius 2 is 2.20 bits per heavy atom. The lowest BCUT2D eigenvalue weighted by atomic mass is 10.1. The van der Waals surface area contributed by atoms with E-state index in [2.05, 4.69) is 10.3 Å². The van der Waals surface area contributed by atoms with Crippen molar-refractivity contribution in [2.24, 2.45) is 0 Å². The standard InChI is InChI=1S/C16H17ClN2O/c1-12(14-5-2-6-15(17)10-14)19-16(20)8-7-13-4-3-9-18-11-13/h2-6,9-12H,7-8H2,1H3,(H,19,20)/t12-/m0/s1. The maximum absolute atomic E-state index is 11.9. The lowest BCUT2D eigenvalue weighted by Gasteiger charge is -2.14. The third-order valence-corrected chi connectivity index (χ3v) is 3.32. The molecular weight excluding hydrogens is 272 g/mol. The van der Waals surface area contributed by atoms with Gasteiger partial charge in [0, 0.05) is 23.8 Å². The second-order valence-electron chi connectivity index (χ2n) is 4.71. The lowest BCUT2D eigenvalue weighted by Crippen LogP contribution is -2.26. The summed E-state index contributed by atoms with van der Waals surface area (Å²) < 4.78 is 0. The van der Waals surface area contributed by atoms with E-state index < -0.39 is 0 Å². The molecule has 0 bridgehead atoms. The predicted octanol–water partition coefficient (Wildman–Crippen LogP) is 3.55. The van der Waals surface area contributed by atoms with Crippen LogP contribution in [-0.2, 0) is 11.2 Å². The van der Waals surface area contributed by atoms with Gasteiger partial charge < -0.3 is 5.32 Å². The van der Waals surface area contributed by atoms with E-state index in [0.717, 1.165) is 11.1 Å². The molecule has 2 aromatic rings. The van der Waals surface area contributed by atoms with E-state index in [0.29, 0.717) is 17.9 Å². The number of hydrogen-bond acceptors (Lipinski definition) is 2. The number of rotatable bonds is 5. The Labute approximate surface area is 124 Å². The zero-order valence-electron chi connectivity index (χ0n) is 11.3. The molecule has 20 heavy (non-hydrogen) atoms. The smallest absolute Gasteiger partial charge is 0.220 e. The molecule has 0 unspecified atom stereocenters. The SMILES string of the molecule is C[C@H](NC(=O)CCc1cccnc1)c1cccc(Cl)c1. The number of nitrogens with zero attached hydrogens (tertiary/aromatic N) is 1. The third kappa shape index (κ3) is 4.35. The van der Waals surface area contributed by atoms with E-state index in [1.54, 1.807) is 12.4 Å². The number of carbonyl (C=O) groups excluding carboxylic acids is 1. The highest BCUT2D eigenvalue weighted by molar-refractivity contribution is 6.30. The van der Waals surface area contributed by atoms with Gasteiger partial charge in [-0.25, -0.2) is 0 Å². The molecule has 0 aliphatic rings. The van der Waals surface area contributed by atoms with E-state index in [-0.39, 0.29) is 11.9 Å². The Hall–Kier alpha value is -1.87. The van der Waals surface area contributed by atoms with Crippen LogP contribution in [0.2, 0.25) is 5.02 Å². The van der Waals surface area contributed by atoms with Gasteiger partial charge in [-0.15, -0.1) is 0 Å². The number of hydrogen-bond donors (Lipinski definition) is 1. The van der Waals surface area contributed by atoms with Crippen molar-refractivity contribution in [3.05, 3.63) is 64.9 Å². The number of nitrogens with one attached hydrogen (secondary N) is 1. The van der Waals surface area contributed by atoms with E-state index >= 15 is 0 Å². The fourth-order valence-electron chi connectivity index (χ4n) is 1.98. The molecule has 1 N–H and O–H groups in total. The summed E-state index contributed by atoms with van der Waals surface area (Å²) in [5.74, 6) is 0.0290. The van der Waals surface area contributed by atoms with Crippen molar-refractivity contribution >= 4 is 17.5 Å². The van der Waals surface area contributed by atoms with Crippen LogP contribution in [0.25, 0.3) is 0 Å². The second-order valence-corrected chi connectivity index (χ2v) is 5.14. The van der Waals surface area contributed by atoms with Crippen molar-refractivity contribution in [1.82, 2.24) is 10.3 Å². The highest BCUT2D eigenvalue weighted by atomic mass is 35.5. The zero-order chi connectivity index (χ0) is 14.4. The quantitative estimate of drug-likeness (QED) is 0.914. The minimum absolute atomic E-state index is 0.0290. The number of halogens is 1. The van der Waals surface area contributed by atoms with Gasteiger partial charge in [0.2, 0.25) is 5.91 Å².